The quantitative estimate of drug-likeness (QED) is 0.545. The summed E-state index contributed by atoms with van der Waals surface area (Å²) in [6.45, 7) is 0. The van der Waals surface area contributed by atoms with Gasteiger partial charge in [-0.1, -0.05) is 0 Å². The summed E-state index contributed by atoms with van der Waals surface area (Å²) in [7, 11) is 0. The number of pyridine rings is 1. The minimum Gasteiger partial charge on any atom is -0.314 e. The normalized spacial score (nSPS) is 11.1. The number of fused-ring (bicyclic) bond motifs is 3. The Hall–Kier alpha value is -2.17. The van der Waals surface area contributed by atoms with Crippen LogP contribution in [0.3, 0.4) is 0 Å². The summed E-state index contributed by atoms with van der Waals surface area (Å²) in [6.07, 6.45) is 4.98. The van der Waals surface area contributed by atoms with E-state index in [2.05, 4.69) is 19.9 Å². The molecule has 0 aliphatic heterocycles. The van der Waals surface area contributed by atoms with Crippen molar-refractivity contribution in [2.75, 3.05) is 0 Å². The molecule has 3 aromatic heterocycles. The number of hydrogen-bond acceptors (Lipinski definition) is 3. The molecule has 3 rings (SSSR count). The molecule has 0 atom stereocenters. The molecule has 0 amide bonds. The molecule has 2 N–H and O–H groups in total. The van der Waals surface area contributed by atoms with Gasteiger partial charge in [0, 0.05) is 29.4 Å². The van der Waals surface area contributed by atoms with Crippen LogP contribution >= 0.6 is 0 Å². The van der Waals surface area contributed by atoms with Crippen molar-refractivity contribution < 1.29 is 0 Å². The molecule has 0 aliphatic rings. The lowest BCUT2D eigenvalue weighted by Crippen LogP contribution is -2.08. The minimum absolute atomic E-state index is 0.230. The van der Waals surface area contributed by atoms with E-state index in [4.69, 9.17) is 0 Å². The zero-order valence-corrected chi connectivity index (χ0v) is 7.11. The second-order valence-corrected chi connectivity index (χ2v) is 3.01. The predicted octanol–water partition coefficient (Wildman–Crippen LogP) is 0.799. The van der Waals surface area contributed by atoms with Crippen LogP contribution in [0.4, 0.5) is 0 Å². The molecule has 0 radical (unpaired) electrons. The van der Waals surface area contributed by atoms with Crippen molar-refractivity contribution in [2.45, 2.75) is 0 Å². The molecular formula is C9H6N4O. The number of rotatable bonds is 0. The number of nitrogens with zero attached hydrogens (tertiary/aromatic N) is 2. The zero-order valence-electron chi connectivity index (χ0n) is 7.11. The van der Waals surface area contributed by atoms with E-state index in [1.807, 2.05) is 6.07 Å². The van der Waals surface area contributed by atoms with Gasteiger partial charge in [-0.15, -0.1) is 0 Å². The lowest BCUT2D eigenvalue weighted by molar-refractivity contribution is 1.12. The maximum absolute atomic E-state index is 11.1. The average molecular weight is 186 g/mol. The third-order valence-electron chi connectivity index (χ3n) is 2.16. The number of aromatic nitrogens is 4. The molecule has 0 spiro atoms. The van der Waals surface area contributed by atoms with E-state index in [0.717, 1.165) is 16.3 Å². The molecular weight excluding hydrogens is 180 g/mol. The summed E-state index contributed by atoms with van der Waals surface area (Å²) in [5, 5.41) is 1.73. The third-order valence-corrected chi connectivity index (χ3v) is 2.16. The van der Waals surface area contributed by atoms with Crippen molar-refractivity contribution in [1.82, 2.24) is 19.9 Å². The van der Waals surface area contributed by atoms with E-state index < -0.39 is 0 Å². The largest absolute Gasteiger partial charge is 0.323 e. The van der Waals surface area contributed by atoms with Gasteiger partial charge in [0.2, 0.25) is 0 Å². The smallest absolute Gasteiger partial charge is 0.314 e. The third kappa shape index (κ3) is 0.861. The van der Waals surface area contributed by atoms with E-state index in [0.29, 0.717) is 5.65 Å². The van der Waals surface area contributed by atoms with Crippen molar-refractivity contribution in [3.8, 4) is 0 Å². The first-order chi connectivity index (χ1) is 6.84. The molecule has 5 nitrogen and oxygen atoms in total. The van der Waals surface area contributed by atoms with Gasteiger partial charge in [-0.2, -0.15) is 0 Å². The van der Waals surface area contributed by atoms with Crippen molar-refractivity contribution in [3.05, 3.63) is 35.1 Å². The monoisotopic (exact) mass is 186 g/mol. The molecule has 14 heavy (non-hydrogen) atoms. The summed E-state index contributed by atoms with van der Waals surface area (Å²) >= 11 is 0. The van der Waals surface area contributed by atoms with Gasteiger partial charge in [-0.3, -0.25) is 0 Å². The van der Waals surface area contributed by atoms with Crippen molar-refractivity contribution in [2.24, 2.45) is 0 Å². The van der Waals surface area contributed by atoms with Gasteiger partial charge in [-0.25, -0.2) is 14.8 Å². The van der Waals surface area contributed by atoms with Crippen LogP contribution < -0.4 is 5.69 Å². The van der Waals surface area contributed by atoms with Gasteiger partial charge in [-0.05, 0) is 6.07 Å². The lowest BCUT2D eigenvalue weighted by atomic mass is 10.2. The number of hydrogen-bond donors (Lipinski definition) is 2. The van der Waals surface area contributed by atoms with Gasteiger partial charge in [0.25, 0.3) is 0 Å². The summed E-state index contributed by atoms with van der Waals surface area (Å²) < 4.78 is 0. The molecule has 0 fully saturated rings. The molecule has 68 valence electrons. The van der Waals surface area contributed by atoms with Crippen molar-refractivity contribution in [1.29, 1.82) is 0 Å². The Balaban J connectivity index is 2.66. The summed E-state index contributed by atoms with van der Waals surface area (Å²) in [6, 6.07) is 1.83. The summed E-state index contributed by atoms with van der Waals surface area (Å²) in [5.41, 5.74) is 1.20. The highest BCUT2D eigenvalue weighted by molar-refractivity contribution is 6.01. The van der Waals surface area contributed by atoms with Crippen LogP contribution in [-0.2, 0) is 0 Å². The molecule has 5 heteroatoms. The van der Waals surface area contributed by atoms with E-state index in [-0.39, 0.29) is 5.69 Å². The minimum atomic E-state index is -0.230. The molecule has 0 bridgehead atoms. The molecule has 0 aliphatic carbocycles. The average Bonchev–Trinajstić information content (AvgIpc) is 2.65. The lowest BCUT2D eigenvalue weighted by Gasteiger charge is -1.96. The highest BCUT2D eigenvalue weighted by Crippen LogP contribution is 2.18. The van der Waals surface area contributed by atoms with Crippen LogP contribution in [0.2, 0.25) is 0 Å². The van der Waals surface area contributed by atoms with Gasteiger partial charge in [0.15, 0.2) is 5.65 Å². The Bertz CT molecular complexity index is 667. The molecule has 0 saturated heterocycles. The van der Waals surface area contributed by atoms with Gasteiger partial charge in [0.1, 0.15) is 0 Å². The second-order valence-electron chi connectivity index (χ2n) is 3.01. The Morgan fingerprint density at radius 3 is 3.14 bits per heavy atom. The molecule has 0 saturated carbocycles. The van der Waals surface area contributed by atoms with Gasteiger partial charge >= 0.3 is 5.69 Å². The van der Waals surface area contributed by atoms with Crippen molar-refractivity contribution >= 4 is 21.9 Å². The molecule has 0 aromatic carbocycles. The van der Waals surface area contributed by atoms with Crippen LogP contribution in [0.5, 0.6) is 0 Å². The Morgan fingerprint density at radius 2 is 2.21 bits per heavy atom. The highest BCUT2D eigenvalue weighted by Gasteiger charge is 2.03. The molecule has 3 heterocycles. The Kier molecular flexibility index (Phi) is 1.25. The van der Waals surface area contributed by atoms with Gasteiger partial charge < -0.3 is 9.97 Å². The fourth-order valence-electron chi connectivity index (χ4n) is 1.52. The molecule has 3 aromatic rings. The maximum Gasteiger partial charge on any atom is 0.323 e. The Labute approximate surface area is 77.8 Å². The van der Waals surface area contributed by atoms with Crippen LogP contribution in [0.25, 0.3) is 21.9 Å². The van der Waals surface area contributed by atoms with E-state index in [1.165, 1.54) is 0 Å². The zero-order chi connectivity index (χ0) is 9.54. The number of H-pyrrole nitrogens is 2. The topological polar surface area (TPSA) is 74.4 Å². The van der Waals surface area contributed by atoms with Crippen molar-refractivity contribution in [3.63, 3.8) is 0 Å². The van der Waals surface area contributed by atoms with Crippen LogP contribution in [-0.4, -0.2) is 19.9 Å². The summed E-state index contributed by atoms with van der Waals surface area (Å²) in [5.74, 6) is 0. The number of aromatic amines is 2. The standard InChI is InChI=1S/C9H6N4O/c14-9-12-4-5-3-11-8-6(1-2-10-8)7(5)13-9/h1-4H,(H2,12,13,14). The SMILES string of the molecule is O=c1[nH]cc2cnc3nccc3c2[nH]1. The fraction of sp³-hybridized carbons (Fsp3) is 0. The first-order valence-corrected chi connectivity index (χ1v) is 4.16. The van der Waals surface area contributed by atoms with E-state index in [1.54, 1.807) is 18.6 Å². The first kappa shape index (κ1) is 7.25. The predicted molar refractivity (Wildman–Crippen MR) is 52.0 cm³/mol. The number of nitrogens with one attached hydrogen (secondary N) is 2. The van der Waals surface area contributed by atoms with Crippen LogP contribution in [0, 0.1) is 0 Å². The van der Waals surface area contributed by atoms with Crippen LogP contribution in [0.15, 0.2) is 29.5 Å². The second kappa shape index (κ2) is 2.41. The fourth-order valence-corrected chi connectivity index (χ4v) is 1.52. The highest BCUT2D eigenvalue weighted by atomic mass is 16.1. The molecule has 0 unspecified atom stereocenters. The van der Waals surface area contributed by atoms with E-state index in [9.17, 15) is 4.79 Å². The maximum atomic E-state index is 11.1. The Morgan fingerprint density at radius 1 is 1.29 bits per heavy atom. The van der Waals surface area contributed by atoms with Gasteiger partial charge in [0.05, 0.1) is 5.52 Å². The first-order valence-electron chi connectivity index (χ1n) is 4.16. The van der Waals surface area contributed by atoms with E-state index >= 15 is 0 Å². The summed E-state index contributed by atoms with van der Waals surface area (Å²) in [4.78, 5) is 24.6. The van der Waals surface area contributed by atoms with Crippen LogP contribution in [0.1, 0.15) is 0 Å².